The second kappa shape index (κ2) is 7.24. The number of amides is 2. The molecule has 0 saturated carbocycles. The fourth-order valence-corrected chi connectivity index (χ4v) is 2.94. The van der Waals surface area contributed by atoms with Crippen LogP contribution in [-0.4, -0.2) is 46.3 Å². The standard InChI is InChI=1S/C18H16ClN5O3/c1-26-15-6-5-12(19)8-14(15)21-18(25)24-9-11(10-24)17-22-16(23-27-17)13-4-2-3-7-20-13/h2-8,11H,9-10H2,1H3,(H,21,25). The third-order valence-electron chi connectivity index (χ3n) is 4.26. The first-order chi connectivity index (χ1) is 13.1. The van der Waals surface area contributed by atoms with Crippen LogP contribution in [0.4, 0.5) is 10.5 Å². The Morgan fingerprint density at radius 1 is 1.33 bits per heavy atom. The molecule has 1 saturated heterocycles. The van der Waals surface area contributed by atoms with Gasteiger partial charge in [0.1, 0.15) is 11.4 Å². The lowest BCUT2D eigenvalue weighted by atomic mass is 10.0. The predicted octanol–water partition coefficient (Wildman–Crippen LogP) is 3.42. The summed E-state index contributed by atoms with van der Waals surface area (Å²) in [5, 5.41) is 7.28. The molecule has 0 spiro atoms. The number of hydrogen-bond donors (Lipinski definition) is 1. The molecule has 27 heavy (non-hydrogen) atoms. The minimum Gasteiger partial charge on any atom is -0.495 e. The number of carbonyl (C=O) groups is 1. The normalized spacial score (nSPS) is 13.9. The molecule has 1 aliphatic heterocycles. The zero-order valence-corrected chi connectivity index (χ0v) is 15.2. The molecule has 2 aromatic heterocycles. The summed E-state index contributed by atoms with van der Waals surface area (Å²) in [5.41, 5.74) is 1.17. The number of carbonyl (C=O) groups excluding carboxylic acids is 1. The summed E-state index contributed by atoms with van der Waals surface area (Å²) >= 11 is 5.99. The highest BCUT2D eigenvalue weighted by Crippen LogP contribution is 2.31. The zero-order chi connectivity index (χ0) is 18.8. The van der Waals surface area contributed by atoms with Crippen LogP contribution in [0.25, 0.3) is 11.5 Å². The molecular weight excluding hydrogens is 370 g/mol. The van der Waals surface area contributed by atoms with E-state index in [1.165, 1.54) is 7.11 Å². The van der Waals surface area contributed by atoms with Crippen LogP contribution in [0.2, 0.25) is 5.02 Å². The van der Waals surface area contributed by atoms with E-state index >= 15 is 0 Å². The van der Waals surface area contributed by atoms with E-state index in [4.69, 9.17) is 20.9 Å². The number of aromatic nitrogens is 3. The number of ether oxygens (including phenoxy) is 1. The fraction of sp³-hybridized carbons (Fsp3) is 0.222. The van der Waals surface area contributed by atoms with Crippen molar-refractivity contribution in [3.8, 4) is 17.3 Å². The maximum Gasteiger partial charge on any atom is 0.321 e. The highest BCUT2D eigenvalue weighted by molar-refractivity contribution is 6.31. The Kier molecular flexibility index (Phi) is 4.64. The average Bonchev–Trinajstić information content (AvgIpc) is 3.11. The molecule has 1 aromatic carbocycles. The number of benzene rings is 1. The third-order valence-corrected chi connectivity index (χ3v) is 4.49. The SMILES string of the molecule is COc1ccc(Cl)cc1NC(=O)N1CC(c2nc(-c3ccccn3)no2)C1. The van der Waals surface area contributed by atoms with Crippen molar-refractivity contribution in [2.75, 3.05) is 25.5 Å². The number of anilines is 1. The van der Waals surface area contributed by atoms with E-state index in [-0.39, 0.29) is 11.9 Å². The van der Waals surface area contributed by atoms with E-state index in [2.05, 4.69) is 20.4 Å². The summed E-state index contributed by atoms with van der Waals surface area (Å²) in [6.07, 6.45) is 1.67. The van der Waals surface area contributed by atoms with Gasteiger partial charge in [0.2, 0.25) is 11.7 Å². The van der Waals surface area contributed by atoms with Crippen LogP contribution in [0, 0.1) is 0 Å². The summed E-state index contributed by atoms with van der Waals surface area (Å²) in [4.78, 5) is 22.6. The zero-order valence-electron chi connectivity index (χ0n) is 14.4. The molecule has 0 unspecified atom stereocenters. The van der Waals surface area contributed by atoms with Gasteiger partial charge in [0.15, 0.2) is 0 Å². The summed E-state index contributed by atoms with van der Waals surface area (Å²) in [5.74, 6) is 1.49. The molecule has 1 fully saturated rings. The van der Waals surface area contributed by atoms with Gasteiger partial charge in [0.05, 0.1) is 18.7 Å². The lowest BCUT2D eigenvalue weighted by Gasteiger charge is -2.36. The summed E-state index contributed by atoms with van der Waals surface area (Å²) in [6, 6.07) is 10.3. The molecule has 0 aliphatic carbocycles. The number of likely N-dealkylation sites (tertiary alicyclic amines) is 1. The highest BCUT2D eigenvalue weighted by Gasteiger charge is 2.36. The van der Waals surface area contributed by atoms with E-state index < -0.39 is 0 Å². The Morgan fingerprint density at radius 2 is 2.19 bits per heavy atom. The van der Waals surface area contributed by atoms with E-state index in [9.17, 15) is 4.79 Å². The fourth-order valence-electron chi connectivity index (χ4n) is 2.77. The summed E-state index contributed by atoms with van der Waals surface area (Å²) < 4.78 is 10.6. The summed E-state index contributed by atoms with van der Waals surface area (Å²) in [6.45, 7) is 0.969. The van der Waals surface area contributed by atoms with Gasteiger partial charge in [0, 0.05) is 24.3 Å². The van der Waals surface area contributed by atoms with Crippen molar-refractivity contribution in [2.45, 2.75) is 5.92 Å². The van der Waals surface area contributed by atoms with Gasteiger partial charge in [-0.05, 0) is 30.3 Å². The van der Waals surface area contributed by atoms with E-state index in [1.54, 1.807) is 29.3 Å². The van der Waals surface area contributed by atoms with Gasteiger partial charge in [-0.25, -0.2) is 4.79 Å². The van der Waals surface area contributed by atoms with E-state index in [1.807, 2.05) is 18.2 Å². The van der Waals surface area contributed by atoms with Gasteiger partial charge >= 0.3 is 6.03 Å². The lowest BCUT2D eigenvalue weighted by Crippen LogP contribution is -2.50. The van der Waals surface area contributed by atoms with Crippen LogP contribution < -0.4 is 10.1 Å². The van der Waals surface area contributed by atoms with Gasteiger partial charge in [0.25, 0.3) is 0 Å². The maximum absolute atomic E-state index is 12.4. The Balaban J connectivity index is 1.38. The predicted molar refractivity (Wildman–Crippen MR) is 98.9 cm³/mol. The third kappa shape index (κ3) is 3.56. The molecule has 1 N–H and O–H groups in total. The molecule has 8 nitrogen and oxygen atoms in total. The van der Waals surface area contributed by atoms with Crippen molar-refractivity contribution in [1.29, 1.82) is 0 Å². The number of halogens is 1. The van der Waals surface area contributed by atoms with Gasteiger partial charge in [-0.1, -0.05) is 22.8 Å². The average molecular weight is 386 g/mol. The van der Waals surface area contributed by atoms with Crippen molar-refractivity contribution >= 4 is 23.3 Å². The number of hydrogen-bond acceptors (Lipinski definition) is 6. The van der Waals surface area contributed by atoms with E-state index in [0.29, 0.717) is 47.0 Å². The molecule has 0 atom stereocenters. The van der Waals surface area contributed by atoms with Crippen molar-refractivity contribution in [2.24, 2.45) is 0 Å². The first-order valence-corrected chi connectivity index (χ1v) is 8.66. The molecule has 9 heteroatoms. The van der Waals surface area contributed by atoms with Crippen LogP contribution in [0.5, 0.6) is 5.75 Å². The maximum atomic E-state index is 12.4. The molecular formula is C18H16ClN5O3. The Labute approximate surface area is 160 Å². The first kappa shape index (κ1) is 17.3. The monoisotopic (exact) mass is 385 g/mol. The van der Waals surface area contributed by atoms with Crippen LogP contribution in [-0.2, 0) is 0 Å². The quantitative estimate of drug-likeness (QED) is 0.739. The van der Waals surface area contributed by atoms with Crippen LogP contribution in [0.15, 0.2) is 47.1 Å². The highest BCUT2D eigenvalue weighted by atomic mass is 35.5. The largest absolute Gasteiger partial charge is 0.495 e. The number of nitrogens with one attached hydrogen (secondary N) is 1. The van der Waals surface area contributed by atoms with Gasteiger partial charge in [-0.3, -0.25) is 4.98 Å². The minimum atomic E-state index is -0.240. The molecule has 3 heterocycles. The minimum absolute atomic E-state index is 0.00182. The second-order valence-electron chi connectivity index (χ2n) is 6.05. The van der Waals surface area contributed by atoms with Gasteiger partial charge < -0.3 is 19.5 Å². The van der Waals surface area contributed by atoms with E-state index in [0.717, 1.165) is 0 Å². The summed E-state index contributed by atoms with van der Waals surface area (Å²) in [7, 11) is 1.54. The van der Waals surface area contributed by atoms with Gasteiger partial charge in [-0.15, -0.1) is 0 Å². The Hall–Kier alpha value is -3.13. The number of methoxy groups -OCH3 is 1. The lowest BCUT2D eigenvalue weighted by molar-refractivity contribution is 0.147. The Morgan fingerprint density at radius 3 is 2.93 bits per heavy atom. The number of urea groups is 1. The van der Waals surface area contributed by atoms with Crippen LogP contribution in [0.3, 0.4) is 0 Å². The molecule has 1 aliphatic rings. The molecule has 138 valence electrons. The van der Waals surface area contributed by atoms with Crippen LogP contribution >= 0.6 is 11.6 Å². The van der Waals surface area contributed by atoms with Crippen molar-refractivity contribution in [3.63, 3.8) is 0 Å². The topological polar surface area (TPSA) is 93.4 Å². The second-order valence-corrected chi connectivity index (χ2v) is 6.48. The molecule has 2 amide bonds. The van der Waals surface area contributed by atoms with Gasteiger partial charge in [-0.2, -0.15) is 4.98 Å². The Bertz CT molecular complexity index is 957. The number of nitrogens with zero attached hydrogens (tertiary/aromatic N) is 4. The molecule has 0 bridgehead atoms. The number of pyridine rings is 1. The molecule has 0 radical (unpaired) electrons. The smallest absolute Gasteiger partial charge is 0.321 e. The molecule has 3 aromatic rings. The van der Waals surface area contributed by atoms with Crippen LogP contribution in [0.1, 0.15) is 11.8 Å². The molecule has 4 rings (SSSR count). The van der Waals surface area contributed by atoms with Crippen molar-refractivity contribution in [3.05, 3.63) is 53.5 Å². The number of rotatable bonds is 4. The first-order valence-electron chi connectivity index (χ1n) is 8.28. The van der Waals surface area contributed by atoms with Crippen molar-refractivity contribution < 1.29 is 14.1 Å². The van der Waals surface area contributed by atoms with Crippen molar-refractivity contribution in [1.82, 2.24) is 20.0 Å².